The number of carbonyl (C=O) groups excluding carboxylic acids is 1. The van der Waals surface area contributed by atoms with Crippen molar-refractivity contribution in [2.24, 2.45) is 16.7 Å². The third-order valence-electron chi connectivity index (χ3n) is 5.94. The number of hydrogen-bond donors (Lipinski definition) is 2. The van der Waals surface area contributed by atoms with Crippen LogP contribution in [0.3, 0.4) is 0 Å². The SMILES string of the molecule is Cc1ccc(NC(=O)CN2C[C@@H]3C(C)(C)C[C@]3(CO)C2)cc1C. The monoisotopic (exact) mass is 316 g/mol. The molecular weight excluding hydrogens is 288 g/mol. The number of nitrogens with one attached hydrogen (secondary N) is 1. The van der Waals surface area contributed by atoms with E-state index in [0.717, 1.165) is 25.2 Å². The number of likely N-dealkylation sites (tertiary alicyclic amines) is 1. The van der Waals surface area contributed by atoms with Gasteiger partial charge >= 0.3 is 0 Å². The molecule has 0 bridgehead atoms. The van der Waals surface area contributed by atoms with E-state index in [1.807, 2.05) is 18.2 Å². The van der Waals surface area contributed by atoms with E-state index in [2.05, 4.69) is 37.9 Å². The number of amides is 1. The Hall–Kier alpha value is -1.39. The van der Waals surface area contributed by atoms with E-state index in [1.165, 1.54) is 11.1 Å². The van der Waals surface area contributed by atoms with Crippen molar-refractivity contribution in [2.45, 2.75) is 34.1 Å². The summed E-state index contributed by atoms with van der Waals surface area (Å²) in [6.07, 6.45) is 1.05. The number of aliphatic hydroxyl groups is 1. The second kappa shape index (κ2) is 5.60. The Morgan fingerprint density at radius 2 is 2.09 bits per heavy atom. The molecule has 126 valence electrons. The van der Waals surface area contributed by atoms with Crippen LogP contribution in [0.5, 0.6) is 0 Å². The number of carbonyl (C=O) groups is 1. The first kappa shape index (κ1) is 16.5. The third kappa shape index (κ3) is 2.90. The highest BCUT2D eigenvalue weighted by Crippen LogP contribution is 2.62. The van der Waals surface area contributed by atoms with E-state index >= 15 is 0 Å². The van der Waals surface area contributed by atoms with E-state index in [0.29, 0.717) is 12.5 Å². The van der Waals surface area contributed by atoms with Crippen molar-refractivity contribution in [3.05, 3.63) is 29.3 Å². The molecule has 4 nitrogen and oxygen atoms in total. The summed E-state index contributed by atoms with van der Waals surface area (Å²) in [6.45, 7) is 11.0. The number of benzene rings is 1. The smallest absolute Gasteiger partial charge is 0.238 e. The van der Waals surface area contributed by atoms with Crippen molar-refractivity contribution >= 4 is 11.6 Å². The van der Waals surface area contributed by atoms with Crippen molar-refractivity contribution < 1.29 is 9.90 Å². The van der Waals surface area contributed by atoms with Gasteiger partial charge in [0.15, 0.2) is 0 Å². The van der Waals surface area contributed by atoms with Crippen LogP contribution in [0.25, 0.3) is 0 Å². The van der Waals surface area contributed by atoms with Gasteiger partial charge in [-0.05, 0) is 54.9 Å². The summed E-state index contributed by atoms with van der Waals surface area (Å²) >= 11 is 0. The van der Waals surface area contributed by atoms with Gasteiger partial charge in [-0.25, -0.2) is 0 Å². The third-order valence-corrected chi connectivity index (χ3v) is 5.94. The van der Waals surface area contributed by atoms with Gasteiger partial charge in [-0.3, -0.25) is 9.69 Å². The van der Waals surface area contributed by atoms with Crippen LogP contribution in [0, 0.1) is 30.6 Å². The fraction of sp³-hybridized carbons (Fsp3) is 0.632. The second-order valence-electron chi connectivity index (χ2n) is 8.26. The van der Waals surface area contributed by atoms with Gasteiger partial charge in [-0.15, -0.1) is 0 Å². The summed E-state index contributed by atoms with van der Waals surface area (Å²) in [6, 6.07) is 6.00. The molecule has 1 saturated heterocycles. The molecule has 0 spiro atoms. The molecule has 1 aromatic carbocycles. The van der Waals surface area contributed by atoms with E-state index in [9.17, 15) is 9.90 Å². The maximum Gasteiger partial charge on any atom is 0.238 e. The fourth-order valence-corrected chi connectivity index (χ4v) is 4.79. The second-order valence-corrected chi connectivity index (χ2v) is 8.26. The van der Waals surface area contributed by atoms with Crippen LogP contribution in [-0.2, 0) is 4.79 Å². The minimum absolute atomic E-state index is 0.0181. The maximum atomic E-state index is 12.3. The summed E-state index contributed by atoms with van der Waals surface area (Å²) in [4.78, 5) is 14.5. The van der Waals surface area contributed by atoms with Crippen LogP contribution in [0.2, 0.25) is 0 Å². The van der Waals surface area contributed by atoms with Crippen molar-refractivity contribution in [3.8, 4) is 0 Å². The Kier molecular flexibility index (Phi) is 4.01. The first-order valence-corrected chi connectivity index (χ1v) is 8.46. The first-order chi connectivity index (χ1) is 10.8. The van der Waals surface area contributed by atoms with E-state index in [1.54, 1.807) is 0 Å². The summed E-state index contributed by atoms with van der Waals surface area (Å²) < 4.78 is 0. The standard InChI is InChI=1S/C19H28N2O2/c1-13-5-6-15(7-14(13)2)20-17(23)9-21-8-16-18(3,4)10-19(16,11-21)12-22/h5-7,16,22H,8-12H2,1-4H3,(H,20,23)/t16-,19-/m1/s1. The molecule has 2 aliphatic rings. The topological polar surface area (TPSA) is 52.6 Å². The van der Waals surface area contributed by atoms with E-state index in [4.69, 9.17) is 0 Å². The van der Waals surface area contributed by atoms with Gasteiger partial charge in [0.05, 0.1) is 13.2 Å². The zero-order valence-electron chi connectivity index (χ0n) is 14.6. The number of rotatable bonds is 4. The molecule has 2 atom stereocenters. The predicted molar refractivity (Wildman–Crippen MR) is 92.4 cm³/mol. The molecule has 1 saturated carbocycles. The molecule has 4 heteroatoms. The minimum Gasteiger partial charge on any atom is -0.396 e. The molecule has 0 unspecified atom stereocenters. The number of anilines is 1. The van der Waals surface area contributed by atoms with Crippen molar-refractivity contribution in [3.63, 3.8) is 0 Å². The van der Waals surface area contributed by atoms with Crippen molar-refractivity contribution in [1.29, 1.82) is 0 Å². The molecule has 1 aliphatic carbocycles. The summed E-state index contributed by atoms with van der Waals surface area (Å²) in [5, 5.41) is 12.8. The number of aryl methyl sites for hydroxylation is 2. The Morgan fingerprint density at radius 1 is 1.35 bits per heavy atom. The highest BCUT2D eigenvalue weighted by molar-refractivity contribution is 5.92. The minimum atomic E-state index is 0.0181. The molecule has 2 N–H and O–H groups in total. The van der Waals surface area contributed by atoms with Crippen LogP contribution < -0.4 is 5.32 Å². The highest BCUT2D eigenvalue weighted by Gasteiger charge is 2.62. The van der Waals surface area contributed by atoms with Gasteiger partial charge in [0, 0.05) is 24.2 Å². The summed E-state index contributed by atoms with van der Waals surface area (Å²) in [7, 11) is 0. The van der Waals surface area contributed by atoms with Gasteiger partial charge in [-0.2, -0.15) is 0 Å². The van der Waals surface area contributed by atoms with Gasteiger partial charge in [0.2, 0.25) is 5.91 Å². The number of hydrogen-bond acceptors (Lipinski definition) is 3. The van der Waals surface area contributed by atoms with E-state index < -0.39 is 0 Å². The average Bonchev–Trinajstić information content (AvgIpc) is 2.77. The number of aliphatic hydroxyl groups excluding tert-OH is 1. The van der Waals surface area contributed by atoms with Gasteiger partial charge in [0.25, 0.3) is 0 Å². The fourth-order valence-electron chi connectivity index (χ4n) is 4.79. The van der Waals surface area contributed by atoms with Gasteiger partial charge < -0.3 is 10.4 Å². The molecule has 1 aromatic rings. The van der Waals surface area contributed by atoms with Crippen LogP contribution in [-0.4, -0.2) is 42.2 Å². The van der Waals surface area contributed by atoms with E-state index in [-0.39, 0.29) is 23.3 Å². The largest absolute Gasteiger partial charge is 0.396 e. The van der Waals surface area contributed by atoms with Gasteiger partial charge in [0.1, 0.15) is 0 Å². The summed E-state index contributed by atoms with van der Waals surface area (Å²) in [5.41, 5.74) is 3.57. The lowest BCUT2D eigenvalue weighted by molar-refractivity contribution is -0.117. The molecule has 2 fully saturated rings. The number of nitrogens with zero attached hydrogens (tertiary/aromatic N) is 1. The van der Waals surface area contributed by atoms with Crippen LogP contribution in [0.15, 0.2) is 18.2 Å². The Balaban J connectivity index is 1.60. The molecule has 1 heterocycles. The van der Waals surface area contributed by atoms with Crippen molar-refractivity contribution in [2.75, 3.05) is 31.6 Å². The van der Waals surface area contributed by atoms with Crippen LogP contribution in [0.1, 0.15) is 31.4 Å². The Morgan fingerprint density at radius 3 is 2.65 bits per heavy atom. The molecule has 23 heavy (non-hydrogen) atoms. The van der Waals surface area contributed by atoms with Crippen LogP contribution >= 0.6 is 0 Å². The summed E-state index contributed by atoms with van der Waals surface area (Å²) in [5.74, 6) is 0.523. The lowest BCUT2D eigenvalue weighted by atomic mass is 9.48. The highest BCUT2D eigenvalue weighted by atomic mass is 16.3. The maximum absolute atomic E-state index is 12.3. The molecule has 0 radical (unpaired) electrons. The number of fused-ring (bicyclic) bond motifs is 1. The van der Waals surface area contributed by atoms with Crippen LogP contribution in [0.4, 0.5) is 5.69 Å². The average molecular weight is 316 g/mol. The Labute approximate surface area is 138 Å². The lowest BCUT2D eigenvalue weighted by Gasteiger charge is -2.56. The normalized spacial score (nSPS) is 29.0. The lowest BCUT2D eigenvalue weighted by Crippen LogP contribution is -2.54. The molecule has 3 rings (SSSR count). The molecular formula is C19H28N2O2. The molecule has 1 amide bonds. The quantitative estimate of drug-likeness (QED) is 0.898. The van der Waals surface area contributed by atoms with Crippen molar-refractivity contribution in [1.82, 2.24) is 4.90 Å². The molecule has 0 aromatic heterocycles. The van der Waals surface area contributed by atoms with Gasteiger partial charge in [-0.1, -0.05) is 19.9 Å². The first-order valence-electron chi connectivity index (χ1n) is 8.46. The Bertz CT molecular complexity index is 626. The predicted octanol–water partition coefficient (Wildman–Crippen LogP) is 2.58. The zero-order chi connectivity index (χ0) is 16.8. The molecule has 1 aliphatic heterocycles. The zero-order valence-corrected chi connectivity index (χ0v) is 14.6.